The van der Waals surface area contributed by atoms with Gasteiger partial charge in [-0.05, 0) is 57.4 Å². The summed E-state index contributed by atoms with van der Waals surface area (Å²) in [6.07, 6.45) is 1.98. The van der Waals surface area contributed by atoms with Gasteiger partial charge in [-0.15, -0.1) is 5.10 Å². The molecule has 4 heterocycles. The van der Waals surface area contributed by atoms with Crippen molar-refractivity contribution in [2.75, 3.05) is 24.5 Å². The van der Waals surface area contributed by atoms with Crippen molar-refractivity contribution in [3.63, 3.8) is 0 Å². The van der Waals surface area contributed by atoms with Crippen molar-refractivity contribution in [3.05, 3.63) is 35.8 Å². The molecule has 11 heteroatoms. The topological polar surface area (TPSA) is 87.4 Å². The molecule has 0 amide bonds. The summed E-state index contributed by atoms with van der Waals surface area (Å²) < 4.78 is 33.6. The highest BCUT2D eigenvalue weighted by atomic mass is 19.4. The van der Waals surface area contributed by atoms with E-state index in [9.17, 15) is 13.2 Å². The lowest BCUT2D eigenvalue weighted by Gasteiger charge is -2.45. The van der Waals surface area contributed by atoms with Crippen molar-refractivity contribution in [2.45, 2.75) is 50.9 Å². The third-order valence-corrected chi connectivity index (χ3v) is 5.91. The van der Waals surface area contributed by atoms with Gasteiger partial charge in [0.2, 0.25) is 0 Å². The number of carboxylic acid groups (broad SMARTS) is 1. The first-order valence-corrected chi connectivity index (χ1v) is 10.2. The van der Waals surface area contributed by atoms with Crippen LogP contribution >= 0.6 is 0 Å². The Morgan fingerprint density at radius 3 is 2.32 bits per heavy atom. The van der Waals surface area contributed by atoms with Crippen molar-refractivity contribution >= 4 is 11.8 Å². The quantitative estimate of drug-likeness (QED) is 0.785. The molecular formula is C20H27F3N6O2. The number of hydrogen-bond donors (Lipinski definition) is 1. The van der Waals surface area contributed by atoms with Crippen molar-refractivity contribution in [1.29, 1.82) is 0 Å². The van der Waals surface area contributed by atoms with Gasteiger partial charge in [0.05, 0.1) is 11.4 Å². The van der Waals surface area contributed by atoms with Crippen LogP contribution in [0.25, 0.3) is 0 Å². The lowest BCUT2D eigenvalue weighted by Crippen LogP contribution is -2.52. The second kappa shape index (κ2) is 9.21. The first-order valence-electron chi connectivity index (χ1n) is 10.2. The SMILES string of the molecule is Cc1ccc(N2CCC3(CCCN3Cc3ccn(C)n3)CC2)nn1.O=C(O)C(F)(F)F. The summed E-state index contributed by atoms with van der Waals surface area (Å²) in [5.41, 5.74) is 2.52. The Kier molecular flexibility index (Phi) is 6.83. The number of aliphatic carboxylic acids is 1. The Bertz CT molecular complexity index is 876. The second-order valence-corrected chi connectivity index (χ2v) is 8.05. The molecule has 0 bridgehead atoms. The summed E-state index contributed by atoms with van der Waals surface area (Å²) in [5, 5.41) is 20.3. The number of piperidine rings is 1. The maximum absolute atomic E-state index is 10.6. The Morgan fingerprint density at radius 2 is 1.81 bits per heavy atom. The second-order valence-electron chi connectivity index (χ2n) is 8.05. The van der Waals surface area contributed by atoms with Crippen LogP contribution in [-0.4, -0.2) is 67.3 Å². The highest BCUT2D eigenvalue weighted by Crippen LogP contribution is 2.39. The van der Waals surface area contributed by atoms with E-state index in [2.05, 4.69) is 43.3 Å². The molecule has 2 aliphatic rings. The van der Waals surface area contributed by atoms with Crippen LogP contribution in [0.5, 0.6) is 0 Å². The molecular weight excluding hydrogens is 413 g/mol. The van der Waals surface area contributed by atoms with E-state index < -0.39 is 12.1 Å². The highest BCUT2D eigenvalue weighted by Gasteiger charge is 2.43. The number of hydrogen-bond acceptors (Lipinski definition) is 6. The zero-order valence-corrected chi connectivity index (χ0v) is 17.6. The maximum atomic E-state index is 10.6. The fourth-order valence-electron chi connectivity index (χ4n) is 4.26. The number of likely N-dealkylation sites (tertiary alicyclic amines) is 1. The first-order chi connectivity index (χ1) is 14.6. The smallest absolute Gasteiger partial charge is 0.475 e. The standard InChI is InChI=1S/C18H26N6.C2HF3O2/c1-15-4-5-17(20-19-15)23-12-8-18(9-13-23)7-3-10-24(18)14-16-6-11-22(2)21-16;3-2(4,5)1(6)7/h4-6,11H,3,7-10,12-14H2,1-2H3;(H,6,7). The first kappa shape index (κ1) is 23.0. The molecule has 0 aliphatic carbocycles. The van der Waals surface area contributed by atoms with Gasteiger partial charge < -0.3 is 10.0 Å². The number of halogens is 3. The summed E-state index contributed by atoms with van der Waals surface area (Å²) in [7, 11) is 1.99. The molecule has 2 aromatic rings. The lowest BCUT2D eigenvalue weighted by atomic mass is 9.85. The van der Waals surface area contributed by atoms with Gasteiger partial charge in [-0.3, -0.25) is 9.58 Å². The number of nitrogens with zero attached hydrogens (tertiary/aromatic N) is 6. The molecule has 2 saturated heterocycles. The van der Waals surface area contributed by atoms with E-state index in [4.69, 9.17) is 9.90 Å². The monoisotopic (exact) mass is 440 g/mol. The molecule has 0 saturated carbocycles. The maximum Gasteiger partial charge on any atom is 0.490 e. The Hall–Kier alpha value is -2.69. The molecule has 4 rings (SSSR count). The van der Waals surface area contributed by atoms with E-state index in [1.165, 1.54) is 37.9 Å². The molecule has 8 nitrogen and oxygen atoms in total. The fraction of sp³-hybridized carbons (Fsp3) is 0.600. The van der Waals surface area contributed by atoms with Gasteiger partial charge in [0.1, 0.15) is 0 Å². The molecule has 0 aromatic carbocycles. The number of carbonyl (C=O) groups is 1. The third-order valence-electron chi connectivity index (χ3n) is 5.91. The number of anilines is 1. The largest absolute Gasteiger partial charge is 0.490 e. The Balaban J connectivity index is 0.000000339. The van der Waals surface area contributed by atoms with Crippen LogP contribution in [0.3, 0.4) is 0 Å². The average Bonchev–Trinajstić information content (AvgIpc) is 3.29. The summed E-state index contributed by atoms with van der Waals surface area (Å²) in [5.74, 6) is -1.74. The number of aromatic nitrogens is 4. The van der Waals surface area contributed by atoms with Crippen molar-refractivity contribution < 1.29 is 23.1 Å². The van der Waals surface area contributed by atoms with Crippen LogP contribution in [0.4, 0.5) is 19.0 Å². The molecule has 170 valence electrons. The molecule has 0 radical (unpaired) electrons. The van der Waals surface area contributed by atoms with Gasteiger partial charge in [0, 0.05) is 38.4 Å². The molecule has 1 spiro atoms. The molecule has 0 unspecified atom stereocenters. The normalized spacial score (nSPS) is 18.7. The predicted molar refractivity (Wildman–Crippen MR) is 107 cm³/mol. The minimum Gasteiger partial charge on any atom is -0.475 e. The molecule has 31 heavy (non-hydrogen) atoms. The van der Waals surface area contributed by atoms with Crippen LogP contribution in [-0.2, 0) is 18.4 Å². The van der Waals surface area contributed by atoms with Crippen molar-refractivity contribution in [2.24, 2.45) is 7.05 Å². The summed E-state index contributed by atoms with van der Waals surface area (Å²) in [6, 6.07) is 6.29. The fourth-order valence-corrected chi connectivity index (χ4v) is 4.26. The van der Waals surface area contributed by atoms with Crippen LogP contribution in [0.2, 0.25) is 0 Å². The Morgan fingerprint density at radius 1 is 1.13 bits per heavy atom. The summed E-state index contributed by atoms with van der Waals surface area (Å²) in [4.78, 5) is 14.0. The summed E-state index contributed by atoms with van der Waals surface area (Å²) >= 11 is 0. The van der Waals surface area contributed by atoms with E-state index in [0.717, 1.165) is 31.1 Å². The molecule has 0 atom stereocenters. The Labute approximate surface area is 178 Å². The molecule has 2 aromatic heterocycles. The van der Waals surface area contributed by atoms with Crippen LogP contribution in [0.15, 0.2) is 24.4 Å². The number of rotatable bonds is 3. The van der Waals surface area contributed by atoms with Crippen LogP contribution in [0, 0.1) is 6.92 Å². The molecule has 1 N–H and O–H groups in total. The van der Waals surface area contributed by atoms with E-state index in [0.29, 0.717) is 5.54 Å². The van der Waals surface area contributed by atoms with Crippen LogP contribution < -0.4 is 4.90 Å². The van der Waals surface area contributed by atoms with Gasteiger partial charge in [0.15, 0.2) is 5.82 Å². The van der Waals surface area contributed by atoms with E-state index in [-0.39, 0.29) is 0 Å². The van der Waals surface area contributed by atoms with Crippen LogP contribution in [0.1, 0.15) is 37.1 Å². The third kappa shape index (κ3) is 5.72. The number of alkyl halides is 3. The molecule has 2 fully saturated rings. The minimum absolute atomic E-state index is 0.353. The van der Waals surface area contributed by atoms with E-state index in [1.54, 1.807) is 0 Å². The van der Waals surface area contributed by atoms with Gasteiger partial charge >= 0.3 is 12.1 Å². The minimum atomic E-state index is -5.08. The highest BCUT2D eigenvalue weighted by molar-refractivity contribution is 5.73. The number of aryl methyl sites for hydroxylation is 2. The lowest BCUT2D eigenvalue weighted by molar-refractivity contribution is -0.192. The zero-order chi connectivity index (χ0) is 22.6. The zero-order valence-electron chi connectivity index (χ0n) is 17.6. The van der Waals surface area contributed by atoms with Gasteiger partial charge in [-0.1, -0.05) is 0 Å². The van der Waals surface area contributed by atoms with E-state index in [1.807, 2.05) is 24.9 Å². The van der Waals surface area contributed by atoms with Crippen molar-refractivity contribution in [3.8, 4) is 0 Å². The summed E-state index contributed by atoms with van der Waals surface area (Å²) in [6.45, 7) is 6.29. The van der Waals surface area contributed by atoms with Gasteiger partial charge in [-0.25, -0.2) is 4.79 Å². The predicted octanol–water partition coefficient (Wildman–Crippen LogP) is 2.79. The molecule has 2 aliphatic heterocycles. The van der Waals surface area contributed by atoms with Gasteiger partial charge in [0.25, 0.3) is 0 Å². The van der Waals surface area contributed by atoms with Crippen molar-refractivity contribution in [1.82, 2.24) is 24.9 Å². The van der Waals surface area contributed by atoms with E-state index >= 15 is 0 Å². The average molecular weight is 440 g/mol. The van der Waals surface area contributed by atoms with Gasteiger partial charge in [-0.2, -0.15) is 23.4 Å². The number of carboxylic acids is 1.